The molecule has 0 unspecified atom stereocenters. The summed E-state index contributed by atoms with van der Waals surface area (Å²) < 4.78 is 20.9. The number of halogens is 1. The van der Waals surface area contributed by atoms with E-state index in [1.807, 2.05) is 24.3 Å². The highest BCUT2D eigenvalue weighted by atomic mass is 32.1. The van der Waals surface area contributed by atoms with E-state index in [9.17, 15) is 4.39 Å². The Kier molecular flexibility index (Phi) is 3.20. The van der Waals surface area contributed by atoms with Gasteiger partial charge in [-0.1, -0.05) is 6.07 Å². The maximum Gasteiger partial charge on any atom is 0.182 e. The molecule has 104 valence electrons. The maximum atomic E-state index is 13.5. The molecule has 3 aromatic rings. The second kappa shape index (κ2) is 5.04. The molecular formula is C15H10FN3OS. The van der Waals surface area contributed by atoms with Crippen LogP contribution in [0.3, 0.4) is 0 Å². The highest BCUT2D eigenvalue weighted by Gasteiger charge is 2.12. The van der Waals surface area contributed by atoms with Crippen molar-refractivity contribution < 1.29 is 9.13 Å². The topological polar surface area (TPSA) is 53.7 Å². The number of imidazole rings is 1. The molecule has 0 spiro atoms. The molecule has 3 rings (SSSR count). The second-order valence-corrected chi connectivity index (χ2v) is 4.78. The number of ether oxygens (including phenoxy) is 1. The molecule has 0 radical (unpaired) electrons. The molecule has 6 heteroatoms. The third-order valence-corrected chi connectivity index (χ3v) is 3.51. The van der Waals surface area contributed by atoms with Gasteiger partial charge < -0.3 is 9.72 Å². The van der Waals surface area contributed by atoms with Crippen LogP contribution in [0.25, 0.3) is 16.7 Å². The molecule has 1 aromatic heterocycles. The zero-order valence-corrected chi connectivity index (χ0v) is 11.9. The lowest BCUT2D eigenvalue weighted by Gasteiger charge is -2.06. The molecule has 0 aliphatic heterocycles. The van der Waals surface area contributed by atoms with Crippen molar-refractivity contribution in [3.63, 3.8) is 0 Å². The van der Waals surface area contributed by atoms with Gasteiger partial charge in [0.25, 0.3) is 0 Å². The number of para-hydroxylation sites is 1. The van der Waals surface area contributed by atoms with Crippen molar-refractivity contribution in [2.24, 2.45) is 0 Å². The van der Waals surface area contributed by atoms with Crippen LogP contribution in [0.15, 0.2) is 36.4 Å². The van der Waals surface area contributed by atoms with Crippen LogP contribution in [0.5, 0.6) is 5.75 Å². The summed E-state index contributed by atoms with van der Waals surface area (Å²) in [7, 11) is 1.58. The van der Waals surface area contributed by atoms with Gasteiger partial charge in [-0.15, -0.1) is 0 Å². The number of aromatic nitrogens is 2. The van der Waals surface area contributed by atoms with Crippen molar-refractivity contribution >= 4 is 23.3 Å². The van der Waals surface area contributed by atoms with Crippen LogP contribution in [0.1, 0.15) is 5.56 Å². The number of nitriles is 1. The lowest BCUT2D eigenvalue weighted by Crippen LogP contribution is -1.96. The maximum absolute atomic E-state index is 13.5. The van der Waals surface area contributed by atoms with Crippen LogP contribution in [0, 0.1) is 21.9 Å². The number of fused-ring (bicyclic) bond motifs is 1. The summed E-state index contributed by atoms with van der Waals surface area (Å²) in [5, 5.41) is 8.95. The number of nitrogens with zero attached hydrogens (tertiary/aromatic N) is 2. The summed E-state index contributed by atoms with van der Waals surface area (Å²) in [4.78, 5) is 3.07. The summed E-state index contributed by atoms with van der Waals surface area (Å²) in [6.07, 6.45) is 0. The highest BCUT2D eigenvalue weighted by Crippen LogP contribution is 2.27. The van der Waals surface area contributed by atoms with E-state index in [1.54, 1.807) is 17.7 Å². The molecular weight excluding hydrogens is 289 g/mol. The number of aromatic amines is 1. The quantitative estimate of drug-likeness (QED) is 0.734. The van der Waals surface area contributed by atoms with Gasteiger partial charge in [-0.3, -0.25) is 4.57 Å². The normalized spacial score (nSPS) is 10.5. The van der Waals surface area contributed by atoms with Crippen molar-refractivity contribution in [1.29, 1.82) is 5.26 Å². The summed E-state index contributed by atoms with van der Waals surface area (Å²) in [6.45, 7) is 0. The first-order valence-corrected chi connectivity index (χ1v) is 6.54. The minimum atomic E-state index is -0.551. The van der Waals surface area contributed by atoms with Gasteiger partial charge in [0.15, 0.2) is 4.77 Å². The van der Waals surface area contributed by atoms with Gasteiger partial charge in [-0.2, -0.15) is 5.26 Å². The van der Waals surface area contributed by atoms with E-state index in [-0.39, 0.29) is 5.56 Å². The first kappa shape index (κ1) is 13.3. The Bertz CT molecular complexity index is 936. The van der Waals surface area contributed by atoms with Crippen LogP contribution >= 0.6 is 12.2 Å². The molecule has 1 heterocycles. The fourth-order valence-electron chi connectivity index (χ4n) is 2.27. The summed E-state index contributed by atoms with van der Waals surface area (Å²) in [6, 6.07) is 11.7. The first-order valence-electron chi connectivity index (χ1n) is 6.13. The molecule has 0 bridgehead atoms. The van der Waals surface area contributed by atoms with E-state index in [1.165, 1.54) is 12.1 Å². The fraction of sp³-hybridized carbons (Fsp3) is 0.0667. The molecule has 0 saturated heterocycles. The molecule has 0 fully saturated rings. The third-order valence-electron chi connectivity index (χ3n) is 3.23. The molecule has 0 atom stereocenters. The fourth-order valence-corrected chi connectivity index (χ4v) is 2.57. The lowest BCUT2D eigenvalue weighted by atomic mass is 10.2. The largest absolute Gasteiger partial charge is 0.494 e. The molecule has 21 heavy (non-hydrogen) atoms. The number of nitrogens with one attached hydrogen (secondary N) is 1. The van der Waals surface area contributed by atoms with Crippen molar-refractivity contribution in [2.75, 3.05) is 7.11 Å². The van der Waals surface area contributed by atoms with Gasteiger partial charge in [-0.25, -0.2) is 4.39 Å². The van der Waals surface area contributed by atoms with Gasteiger partial charge in [0.05, 0.1) is 18.2 Å². The molecule has 1 N–H and O–H groups in total. The van der Waals surface area contributed by atoms with E-state index in [0.717, 1.165) is 11.0 Å². The third kappa shape index (κ3) is 2.08. The van der Waals surface area contributed by atoms with Crippen LogP contribution in [0.4, 0.5) is 4.39 Å². The Labute approximate surface area is 125 Å². The number of methoxy groups -OCH3 is 1. The Morgan fingerprint density at radius 1 is 1.33 bits per heavy atom. The van der Waals surface area contributed by atoms with E-state index < -0.39 is 5.82 Å². The van der Waals surface area contributed by atoms with Crippen molar-refractivity contribution in [3.05, 3.63) is 52.5 Å². The monoisotopic (exact) mass is 299 g/mol. The average molecular weight is 299 g/mol. The standard InChI is InChI=1S/C15H10FN3OS/c1-20-13-4-2-3-12-14(13)18-15(21)19(12)10-5-6-11(16)9(7-10)8-17/h2-7H,1H3,(H,18,21). The predicted molar refractivity (Wildman–Crippen MR) is 79.7 cm³/mol. The molecule has 0 amide bonds. The number of hydrogen-bond donors (Lipinski definition) is 1. The van der Waals surface area contributed by atoms with Crippen molar-refractivity contribution in [2.45, 2.75) is 0 Å². The Hall–Kier alpha value is -2.65. The van der Waals surface area contributed by atoms with Crippen LogP contribution in [0.2, 0.25) is 0 Å². The first-order chi connectivity index (χ1) is 10.2. The van der Waals surface area contributed by atoms with Crippen LogP contribution < -0.4 is 4.74 Å². The predicted octanol–water partition coefficient (Wildman–Crippen LogP) is 3.71. The Morgan fingerprint density at radius 2 is 2.14 bits per heavy atom. The minimum Gasteiger partial charge on any atom is -0.494 e. The Balaban J connectivity index is 2.34. The lowest BCUT2D eigenvalue weighted by molar-refractivity contribution is 0.419. The zero-order chi connectivity index (χ0) is 15.0. The van der Waals surface area contributed by atoms with E-state index in [2.05, 4.69) is 4.98 Å². The van der Waals surface area contributed by atoms with Gasteiger partial charge in [0.1, 0.15) is 23.2 Å². The SMILES string of the molecule is COc1cccc2c1[nH]c(=S)n2-c1ccc(F)c(C#N)c1. The number of hydrogen-bond acceptors (Lipinski definition) is 3. The van der Waals surface area contributed by atoms with E-state index >= 15 is 0 Å². The van der Waals surface area contributed by atoms with Gasteiger partial charge >= 0.3 is 0 Å². The molecule has 4 nitrogen and oxygen atoms in total. The molecule has 0 aliphatic carbocycles. The van der Waals surface area contributed by atoms with Gasteiger partial charge in [0.2, 0.25) is 0 Å². The van der Waals surface area contributed by atoms with Crippen molar-refractivity contribution in [1.82, 2.24) is 9.55 Å². The average Bonchev–Trinajstić information content (AvgIpc) is 2.83. The van der Waals surface area contributed by atoms with E-state index in [4.69, 9.17) is 22.2 Å². The summed E-state index contributed by atoms with van der Waals surface area (Å²) in [5.41, 5.74) is 2.16. The Morgan fingerprint density at radius 3 is 2.86 bits per heavy atom. The molecule has 0 saturated carbocycles. The smallest absolute Gasteiger partial charge is 0.182 e. The van der Waals surface area contributed by atoms with Crippen LogP contribution in [-0.4, -0.2) is 16.7 Å². The number of H-pyrrole nitrogens is 1. The zero-order valence-electron chi connectivity index (χ0n) is 11.1. The van der Waals surface area contributed by atoms with E-state index in [0.29, 0.717) is 16.2 Å². The highest BCUT2D eigenvalue weighted by molar-refractivity contribution is 7.71. The number of rotatable bonds is 2. The minimum absolute atomic E-state index is 0.0216. The molecule has 2 aromatic carbocycles. The molecule has 0 aliphatic rings. The number of benzene rings is 2. The second-order valence-electron chi connectivity index (χ2n) is 4.40. The van der Waals surface area contributed by atoms with Gasteiger partial charge in [-0.05, 0) is 42.5 Å². The van der Waals surface area contributed by atoms with Crippen molar-refractivity contribution in [3.8, 4) is 17.5 Å². The summed E-state index contributed by atoms with van der Waals surface area (Å²) in [5.74, 6) is 0.116. The summed E-state index contributed by atoms with van der Waals surface area (Å²) >= 11 is 5.33. The van der Waals surface area contributed by atoms with Gasteiger partial charge in [0, 0.05) is 5.69 Å². The van der Waals surface area contributed by atoms with Crippen LogP contribution in [-0.2, 0) is 0 Å².